The fourth-order valence-electron chi connectivity index (χ4n) is 2.67. The monoisotopic (exact) mass is 429 g/mol. The molecule has 0 bridgehead atoms. The molecule has 27 heavy (non-hydrogen) atoms. The number of benzene rings is 1. The van der Waals surface area contributed by atoms with E-state index in [1.165, 1.54) is 19.3 Å². The molecule has 0 N–H and O–H groups in total. The zero-order valence-electron chi connectivity index (χ0n) is 14.7. The number of halogens is 1. The summed E-state index contributed by atoms with van der Waals surface area (Å²) in [7, 11) is 1.30. The minimum absolute atomic E-state index is 0.152. The van der Waals surface area contributed by atoms with Crippen LogP contribution in [0, 0.1) is 6.92 Å². The lowest BCUT2D eigenvalue weighted by atomic mass is 10.0. The number of pyridine rings is 1. The number of para-hydroxylation sites is 1. The van der Waals surface area contributed by atoms with Crippen molar-refractivity contribution in [3.05, 3.63) is 69.7 Å². The summed E-state index contributed by atoms with van der Waals surface area (Å²) in [6, 6.07) is 10.9. The summed E-state index contributed by atoms with van der Waals surface area (Å²) >= 11 is 3.19. The van der Waals surface area contributed by atoms with Crippen molar-refractivity contribution in [2.45, 2.75) is 13.5 Å². The molecule has 0 aliphatic heterocycles. The Hall–Kier alpha value is -2.93. The second-order valence-corrected chi connectivity index (χ2v) is 6.43. The van der Waals surface area contributed by atoms with Crippen molar-refractivity contribution in [2.24, 2.45) is 0 Å². The van der Waals surface area contributed by atoms with E-state index in [2.05, 4.69) is 20.9 Å². The van der Waals surface area contributed by atoms with Crippen LogP contribution in [0.15, 0.2) is 51.6 Å². The van der Waals surface area contributed by atoms with E-state index in [0.29, 0.717) is 27.2 Å². The largest absolute Gasteiger partial charge is 0.465 e. The number of methoxy groups -OCH3 is 1. The number of aromatic nitrogens is 1. The van der Waals surface area contributed by atoms with E-state index in [4.69, 9.17) is 13.9 Å². The molecule has 0 unspecified atom stereocenters. The Kier molecular flexibility index (Phi) is 5.71. The van der Waals surface area contributed by atoms with Crippen molar-refractivity contribution in [2.75, 3.05) is 7.11 Å². The van der Waals surface area contributed by atoms with Gasteiger partial charge in [-0.15, -0.1) is 0 Å². The van der Waals surface area contributed by atoms with Crippen LogP contribution in [0.1, 0.15) is 27.4 Å². The summed E-state index contributed by atoms with van der Waals surface area (Å²) in [5, 5.41) is 0.844. The van der Waals surface area contributed by atoms with E-state index < -0.39 is 11.9 Å². The Bertz CT molecular complexity index is 1040. The number of fused-ring (bicyclic) bond motifs is 1. The SMILES string of the molecule is COC(=O)c1c(COC(=O)C=Cc2ccc(Br)o2)nc2ccccc2c1C. The molecule has 7 heteroatoms. The first kappa shape index (κ1) is 18.8. The van der Waals surface area contributed by atoms with Gasteiger partial charge in [0.15, 0.2) is 4.67 Å². The van der Waals surface area contributed by atoms with Crippen LogP contribution < -0.4 is 0 Å². The summed E-state index contributed by atoms with van der Waals surface area (Å²) in [6.07, 6.45) is 2.74. The van der Waals surface area contributed by atoms with Gasteiger partial charge in [0.2, 0.25) is 0 Å². The molecule has 0 saturated heterocycles. The van der Waals surface area contributed by atoms with Crippen molar-refractivity contribution >= 4 is 44.8 Å². The fraction of sp³-hybridized carbons (Fsp3) is 0.150. The van der Waals surface area contributed by atoms with Gasteiger partial charge in [0.05, 0.1) is 23.9 Å². The fourth-order valence-corrected chi connectivity index (χ4v) is 2.99. The van der Waals surface area contributed by atoms with Gasteiger partial charge in [-0.3, -0.25) is 0 Å². The van der Waals surface area contributed by atoms with Crippen molar-refractivity contribution in [1.82, 2.24) is 4.98 Å². The molecular weight excluding hydrogens is 414 g/mol. The molecule has 2 aromatic heterocycles. The Morgan fingerprint density at radius 3 is 2.70 bits per heavy atom. The third-order valence-electron chi connectivity index (χ3n) is 3.95. The van der Waals surface area contributed by atoms with E-state index in [9.17, 15) is 9.59 Å². The maximum absolute atomic E-state index is 12.2. The molecule has 0 amide bonds. The van der Waals surface area contributed by atoms with Gasteiger partial charge in [0, 0.05) is 11.5 Å². The van der Waals surface area contributed by atoms with Crippen molar-refractivity contribution < 1.29 is 23.5 Å². The average Bonchev–Trinajstić information content (AvgIpc) is 3.09. The first-order chi connectivity index (χ1) is 13.0. The highest BCUT2D eigenvalue weighted by atomic mass is 79.9. The first-order valence-corrected chi connectivity index (χ1v) is 8.85. The number of ether oxygens (including phenoxy) is 2. The molecule has 0 atom stereocenters. The zero-order valence-corrected chi connectivity index (χ0v) is 16.3. The van der Waals surface area contributed by atoms with Crippen LogP contribution in [0.3, 0.4) is 0 Å². The minimum Gasteiger partial charge on any atom is -0.465 e. The Labute approximate surface area is 163 Å². The zero-order chi connectivity index (χ0) is 19.4. The van der Waals surface area contributed by atoms with Gasteiger partial charge < -0.3 is 13.9 Å². The molecule has 2 heterocycles. The normalized spacial score (nSPS) is 11.1. The standard InChI is InChI=1S/C20H16BrNO5/c1-12-14-5-3-4-6-15(14)22-16(19(12)20(24)25-2)11-26-18(23)10-8-13-7-9-17(21)27-13/h3-10H,11H2,1-2H3. The molecule has 0 fully saturated rings. The summed E-state index contributed by atoms with van der Waals surface area (Å²) in [4.78, 5) is 28.7. The van der Waals surface area contributed by atoms with Crippen LogP contribution in [0.2, 0.25) is 0 Å². The summed E-state index contributed by atoms with van der Waals surface area (Å²) < 4.78 is 16.0. The maximum Gasteiger partial charge on any atom is 0.340 e. The topological polar surface area (TPSA) is 78.6 Å². The summed E-state index contributed by atoms with van der Waals surface area (Å²) in [5.41, 5.74) is 2.10. The Balaban J connectivity index is 1.84. The van der Waals surface area contributed by atoms with Gasteiger partial charge in [-0.1, -0.05) is 18.2 Å². The molecule has 0 radical (unpaired) electrons. The number of esters is 2. The maximum atomic E-state index is 12.2. The van der Waals surface area contributed by atoms with Gasteiger partial charge >= 0.3 is 11.9 Å². The molecule has 6 nitrogen and oxygen atoms in total. The van der Waals surface area contributed by atoms with Gasteiger partial charge in [-0.2, -0.15) is 0 Å². The summed E-state index contributed by atoms with van der Waals surface area (Å²) in [6.45, 7) is 1.66. The predicted molar refractivity (Wildman–Crippen MR) is 103 cm³/mol. The van der Waals surface area contributed by atoms with Crippen molar-refractivity contribution in [1.29, 1.82) is 0 Å². The van der Waals surface area contributed by atoms with Gasteiger partial charge in [-0.25, -0.2) is 14.6 Å². The Morgan fingerprint density at radius 1 is 1.22 bits per heavy atom. The number of nitrogens with zero attached hydrogens (tertiary/aromatic N) is 1. The van der Waals surface area contributed by atoms with E-state index in [1.54, 1.807) is 12.1 Å². The third-order valence-corrected chi connectivity index (χ3v) is 4.37. The van der Waals surface area contributed by atoms with E-state index in [1.807, 2.05) is 31.2 Å². The smallest absolute Gasteiger partial charge is 0.340 e. The first-order valence-electron chi connectivity index (χ1n) is 8.06. The number of hydrogen-bond donors (Lipinski definition) is 0. The lowest BCUT2D eigenvalue weighted by molar-refractivity contribution is -0.139. The molecule has 138 valence electrons. The summed E-state index contributed by atoms with van der Waals surface area (Å²) in [5.74, 6) is -0.590. The molecule has 0 aliphatic carbocycles. The molecule has 0 aliphatic rings. The number of aryl methyl sites for hydroxylation is 1. The number of carbonyl (C=O) groups is 2. The highest BCUT2D eigenvalue weighted by Gasteiger charge is 2.20. The number of hydrogen-bond acceptors (Lipinski definition) is 6. The minimum atomic E-state index is -0.578. The van der Waals surface area contributed by atoms with Crippen LogP contribution in [-0.2, 0) is 20.9 Å². The van der Waals surface area contributed by atoms with Crippen molar-refractivity contribution in [3.63, 3.8) is 0 Å². The van der Waals surface area contributed by atoms with Crippen LogP contribution in [-0.4, -0.2) is 24.0 Å². The molecule has 1 aromatic carbocycles. The molecule has 3 aromatic rings. The number of furan rings is 1. The lowest BCUT2D eigenvalue weighted by Gasteiger charge is -2.13. The highest BCUT2D eigenvalue weighted by Crippen LogP contribution is 2.24. The van der Waals surface area contributed by atoms with Crippen LogP contribution in [0.5, 0.6) is 0 Å². The van der Waals surface area contributed by atoms with E-state index in [0.717, 1.165) is 10.9 Å². The van der Waals surface area contributed by atoms with Crippen LogP contribution in [0.4, 0.5) is 0 Å². The Morgan fingerprint density at radius 2 is 2.00 bits per heavy atom. The number of rotatable bonds is 5. The van der Waals surface area contributed by atoms with E-state index >= 15 is 0 Å². The van der Waals surface area contributed by atoms with E-state index in [-0.39, 0.29) is 6.61 Å². The van der Waals surface area contributed by atoms with Crippen molar-refractivity contribution in [3.8, 4) is 0 Å². The lowest BCUT2D eigenvalue weighted by Crippen LogP contribution is -2.13. The second kappa shape index (κ2) is 8.18. The second-order valence-electron chi connectivity index (χ2n) is 5.65. The van der Waals surface area contributed by atoms with Gasteiger partial charge in [0.1, 0.15) is 12.4 Å². The third kappa shape index (κ3) is 4.25. The van der Waals surface area contributed by atoms with Gasteiger partial charge in [0.25, 0.3) is 0 Å². The molecule has 3 rings (SSSR count). The van der Waals surface area contributed by atoms with Crippen LogP contribution >= 0.6 is 15.9 Å². The number of carbonyl (C=O) groups excluding carboxylic acids is 2. The molecule has 0 saturated carbocycles. The predicted octanol–water partition coefficient (Wildman–Crippen LogP) is 4.44. The average molecular weight is 430 g/mol. The highest BCUT2D eigenvalue weighted by molar-refractivity contribution is 9.10. The van der Waals surface area contributed by atoms with Gasteiger partial charge in [-0.05, 0) is 52.7 Å². The molecule has 0 spiro atoms. The molecular formula is C20H16BrNO5. The quantitative estimate of drug-likeness (QED) is 0.440. The van der Waals surface area contributed by atoms with Crippen LogP contribution in [0.25, 0.3) is 17.0 Å².